The Bertz CT molecular complexity index is 657. The topological polar surface area (TPSA) is 35.5 Å². The molecule has 5 heteroatoms. The van der Waals surface area contributed by atoms with E-state index in [4.69, 9.17) is 9.47 Å². The van der Waals surface area contributed by atoms with Gasteiger partial charge in [-0.15, -0.1) is 0 Å². The van der Waals surface area contributed by atoms with Crippen molar-refractivity contribution in [1.29, 1.82) is 0 Å². The standard InChI is InChI=1S/C23H38O3SSi/c1-16(2)28(17(3)4,18(5)6)27-20-11-12-21(19(7)15-20)26-23(22(24)25-8)13-9-10-14-23/h11-12,15-18H,9-10,13-14H2,1-8H3. The van der Waals surface area contributed by atoms with Gasteiger partial charge in [-0.05, 0) is 73.0 Å². The van der Waals surface area contributed by atoms with Crippen molar-refractivity contribution in [1.82, 2.24) is 0 Å². The molecule has 0 unspecified atom stereocenters. The fourth-order valence-corrected chi connectivity index (χ4v) is 14.3. The molecule has 0 heterocycles. The Balaban J connectivity index is 2.30. The third-order valence-electron chi connectivity index (χ3n) is 6.42. The van der Waals surface area contributed by atoms with Gasteiger partial charge in [0.05, 0.1) is 7.11 Å². The first-order valence-corrected chi connectivity index (χ1v) is 14.4. The Morgan fingerprint density at radius 3 is 2.00 bits per heavy atom. The molecule has 28 heavy (non-hydrogen) atoms. The van der Waals surface area contributed by atoms with Crippen molar-refractivity contribution in [3.8, 4) is 5.75 Å². The van der Waals surface area contributed by atoms with Gasteiger partial charge in [0.15, 0.2) is 0 Å². The highest BCUT2D eigenvalue weighted by Crippen LogP contribution is 2.52. The highest BCUT2D eigenvalue weighted by atomic mass is 32.4. The molecule has 1 aliphatic rings. The van der Waals surface area contributed by atoms with E-state index in [-0.39, 0.29) is 5.97 Å². The Morgan fingerprint density at radius 2 is 1.57 bits per heavy atom. The van der Waals surface area contributed by atoms with E-state index < -0.39 is 12.8 Å². The molecular formula is C23H38O3SSi. The highest BCUT2D eigenvalue weighted by Gasteiger charge is 2.46. The van der Waals surface area contributed by atoms with Crippen LogP contribution in [-0.4, -0.2) is 25.9 Å². The average Bonchev–Trinajstić information content (AvgIpc) is 3.10. The lowest BCUT2D eigenvalue weighted by molar-refractivity contribution is -0.158. The Labute approximate surface area is 176 Å². The minimum absolute atomic E-state index is 0.242. The lowest BCUT2D eigenvalue weighted by atomic mass is 10.0. The first-order valence-electron chi connectivity index (χ1n) is 10.7. The summed E-state index contributed by atoms with van der Waals surface area (Å²) in [5.74, 6) is 0.566. The second-order valence-corrected chi connectivity index (χ2v) is 17.7. The SMILES string of the molecule is COC(=O)C1(Oc2ccc(S[Si](C(C)C)(C(C)C)C(C)C)cc2C)CCCC1. The predicted molar refractivity (Wildman–Crippen MR) is 122 cm³/mol. The van der Waals surface area contributed by atoms with Crippen LogP contribution in [0.25, 0.3) is 0 Å². The van der Waals surface area contributed by atoms with Crippen molar-refractivity contribution in [3.05, 3.63) is 23.8 Å². The van der Waals surface area contributed by atoms with Gasteiger partial charge in [0.1, 0.15) is 13.0 Å². The lowest BCUT2D eigenvalue weighted by Gasteiger charge is -2.42. The van der Waals surface area contributed by atoms with Crippen LogP contribution in [0.1, 0.15) is 72.8 Å². The molecule has 0 radical (unpaired) electrons. The van der Waals surface area contributed by atoms with Crippen LogP contribution in [0.2, 0.25) is 16.6 Å². The molecule has 1 saturated carbocycles. The van der Waals surface area contributed by atoms with E-state index in [2.05, 4.69) is 77.9 Å². The highest BCUT2D eigenvalue weighted by molar-refractivity contribution is 8.29. The molecule has 0 saturated heterocycles. The van der Waals surface area contributed by atoms with Gasteiger partial charge in [-0.2, -0.15) is 11.2 Å². The van der Waals surface area contributed by atoms with Crippen molar-refractivity contribution in [2.24, 2.45) is 0 Å². The van der Waals surface area contributed by atoms with Crippen LogP contribution in [0, 0.1) is 6.92 Å². The number of esters is 1. The van der Waals surface area contributed by atoms with Crippen molar-refractivity contribution in [2.75, 3.05) is 7.11 Å². The molecule has 3 nitrogen and oxygen atoms in total. The van der Waals surface area contributed by atoms with Crippen LogP contribution in [0.4, 0.5) is 0 Å². The summed E-state index contributed by atoms with van der Waals surface area (Å²) in [6.45, 7) is 16.4. The van der Waals surface area contributed by atoms with Gasteiger partial charge in [-0.25, -0.2) is 4.79 Å². The molecule has 1 fully saturated rings. The van der Waals surface area contributed by atoms with Gasteiger partial charge in [0.25, 0.3) is 0 Å². The summed E-state index contributed by atoms with van der Waals surface area (Å²) in [5.41, 5.74) is 2.40. The van der Waals surface area contributed by atoms with E-state index in [1.165, 1.54) is 12.0 Å². The molecule has 0 bridgehead atoms. The summed E-state index contributed by atoms with van der Waals surface area (Å²) in [6, 6.07) is 6.48. The quantitative estimate of drug-likeness (QED) is 0.330. The van der Waals surface area contributed by atoms with Crippen LogP contribution >= 0.6 is 11.2 Å². The predicted octanol–water partition coefficient (Wildman–Crippen LogP) is 7.13. The van der Waals surface area contributed by atoms with Crippen molar-refractivity contribution in [3.63, 3.8) is 0 Å². The smallest absolute Gasteiger partial charge is 0.350 e. The summed E-state index contributed by atoms with van der Waals surface area (Å²) in [7, 11) is -0.131. The minimum Gasteiger partial charge on any atom is -0.475 e. The summed E-state index contributed by atoms with van der Waals surface area (Å²) in [5, 5.41) is 0. The van der Waals surface area contributed by atoms with Gasteiger partial charge < -0.3 is 9.47 Å². The Hall–Kier alpha value is -0.943. The molecule has 1 aromatic carbocycles. The van der Waals surface area contributed by atoms with E-state index >= 15 is 0 Å². The maximum absolute atomic E-state index is 12.4. The van der Waals surface area contributed by atoms with Gasteiger partial charge in [-0.3, -0.25) is 0 Å². The number of benzene rings is 1. The van der Waals surface area contributed by atoms with E-state index in [1.54, 1.807) is 0 Å². The van der Waals surface area contributed by atoms with E-state index in [9.17, 15) is 4.79 Å². The average molecular weight is 423 g/mol. The fourth-order valence-electron chi connectivity index (χ4n) is 5.05. The number of carbonyl (C=O) groups excluding carboxylic acids is 1. The summed E-state index contributed by atoms with van der Waals surface area (Å²) in [6.07, 6.45) is 3.49. The number of aryl methyl sites for hydroxylation is 1. The number of methoxy groups -OCH3 is 1. The third-order valence-corrected chi connectivity index (χ3v) is 18.7. The zero-order valence-corrected chi connectivity index (χ0v) is 20.7. The van der Waals surface area contributed by atoms with Gasteiger partial charge in [0.2, 0.25) is 5.60 Å². The van der Waals surface area contributed by atoms with Crippen molar-refractivity contribution in [2.45, 2.75) is 101 Å². The zero-order valence-electron chi connectivity index (χ0n) is 18.9. The van der Waals surface area contributed by atoms with Crippen LogP contribution in [0.3, 0.4) is 0 Å². The Kier molecular flexibility index (Phi) is 7.71. The van der Waals surface area contributed by atoms with Crippen molar-refractivity contribution >= 4 is 24.4 Å². The normalized spacial score (nSPS) is 16.8. The molecule has 0 atom stereocenters. The third kappa shape index (κ3) is 4.45. The second-order valence-electron chi connectivity index (χ2n) is 9.14. The van der Waals surface area contributed by atoms with Crippen LogP contribution < -0.4 is 4.74 Å². The first-order chi connectivity index (χ1) is 13.1. The molecule has 158 valence electrons. The number of rotatable bonds is 8. The lowest BCUT2D eigenvalue weighted by Crippen LogP contribution is -2.43. The number of ether oxygens (including phenoxy) is 2. The molecule has 0 aromatic heterocycles. The van der Waals surface area contributed by atoms with Crippen molar-refractivity contribution < 1.29 is 14.3 Å². The summed E-state index contributed by atoms with van der Waals surface area (Å²) < 4.78 is 11.4. The molecule has 0 spiro atoms. The second kappa shape index (κ2) is 9.25. The maximum atomic E-state index is 12.4. The monoisotopic (exact) mass is 422 g/mol. The van der Waals surface area contributed by atoms with E-state index in [0.29, 0.717) is 16.6 Å². The summed E-state index contributed by atoms with van der Waals surface area (Å²) >= 11 is 2.13. The molecule has 0 aliphatic heterocycles. The van der Waals surface area contributed by atoms with E-state index in [1.807, 2.05) is 0 Å². The molecular weight excluding hydrogens is 384 g/mol. The van der Waals surface area contributed by atoms with Gasteiger partial charge in [0, 0.05) is 4.90 Å². The summed E-state index contributed by atoms with van der Waals surface area (Å²) in [4.78, 5) is 13.7. The molecule has 1 aromatic rings. The largest absolute Gasteiger partial charge is 0.475 e. The van der Waals surface area contributed by atoms with Crippen LogP contribution in [-0.2, 0) is 9.53 Å². The van der Waals surface area contributed by atoms with Gasteiger partial charge in [-0.1, -0.05) is 41.5 Å². The van der Waals surface area contributed by atoms with Gasteiger partial charge >= 0.3 is 5.97 Å². The number of hydrogen-bond acceptors (Lipinski definition) is 4. The number of carbonyl (C=O) groups is 1. The Morgan fingerprint density at radius 1 is 1.04 bits per heavy atom. The van der Waals surface area contributed by atoms with E-state index in [0.717, 1.165) is 37.0 Å². The first kappa shape index (κ1) is 23.3. The fraction of sp³-hybridized carbons (Fsp3) is 0.696. The zero-order chi connectivity index (χ0) is 21.1. The minimum atomic E-state index is -1.58. The molecule has 0 amide bonds. The van der Waals surface area contributed by atoms with Crippen LogP contribution in [0.5, 0.6) is 5.75 Å². The molecule has 1 aliphatic carbocycles. The molecule has 0 N–H and O–H groups in total. The maximum Gasteiger partial charge on any atom is 0.350 e. The molecule has 2 rings (SSSR count). The van der Waals surface area contributed by atoms with Crippen LogP contribution in [0.15, 0.2) is 23.1 Å². The number of hydrogen-bond donors (Lipinski definition) is 0.